The lowest BCUT2D eigenvalue weighted by Gasteiger charge is -2.07. The molecule has 0 aliphatic carbocycles. The van der Waals surface area contributed by atoms with Crippen LogP contribution in [0.3, 0.4) is 0 Å². The molecule has 124 valence electrons. The Balaban J connectivity index is 2.10. The molecule has 0 amide bonds. The van der Waals surface area contributed by atoms with Gasteiger partial charge in [0.15, 0.2) is 0 Å². The zero-order chi connectivity index (χ0) is 16.9. The summed E-state index contributed by atoms with van der Waals surface area (Å²) in [5.74, 6) is -0.325. The number of esters is 1. The van der Waals surface area contributed by atoms with E-state index >= 15 is 0 Å². The van der Waals surface area contributed by atoms with Gasteiger partial charge in [0.1, 0.15) is 23.0 Å². The molecule has 0 aliphatic heterocycles. The second-order valence-corrected chi connectivity index (χ2v) is 6.24. The maximum absolute atomic E-state index is 12.1. The molecule has 0 bridgehead atoms. The van der Waals surface area contributed by atoms with Gasteiger partial charge >= 0.3 is 16.1 Å². The number of aromatic nitrogens is 1. The number of benzene rings is 1. The fourth-order valence-electron chi connectivity index (χ4n) is 1.84. The number of aryl methyl sites for hydroxylation is 1. The third-order valence-corrected chi connectivity index (χ3v) is 3.94. The average Bonchev–Trinajstić information content (AvgIpc) is 2.94. The topological polar surface area (TPSA) is 95.7 Å². The molecule has 0 saturated heterocycles. The second kappa shape index (κ2) is 7.28. The van der Waals surface area contributed by atoms with E-state index in [0.29, 0.717) is 12.2 Å². The molecular weight excluding hydrogens is 322 g/mol. The van der Waals surface area contributed by atoms with Crippen LogP contribution in [0.1, 0.15) is 35.7 Å². The molecule has 0 aliphatic rings. The first-order valence-corrected chi connectivity index (χ1v) is 8.65. The van der Waals surface area contributed by atoms with Crippen LogP contribution in [-0.4, -0.2) is 26.2 Å². The number of ether oxygens (including phenoxy) is 1. The van der Waals surface area contributed by atoms with Crippen LogP contribution in [0.5, 0.6) is 5.75 Å². The molecule has 2 aromatic rings. The quantitative estimate of drug-likeness (QED) is 0.564. The lowest BCUT2D eigenvalue weighted by atomic mass is 10.2. The fraction of sp³-hybridized carbons (Fsp3) is 0.333. The molecule has 0 atom stereocenters. The highest BCUT2D eigenvalue weighted by molar-refractivity contribution is 7.86. The molecule has 1 aromatic heterocycles. The first-order chi connectivity index (χ1) is 10.9. The second-order valence-electron chi connectivity index (χ2n) is 4.67. The van der Waals surface area contributed by atoms with Crippen LogP contribution >= 0.6 is 0 Å². The molecule has 7 nitrogen and oxygen atoms in total. The van der Waals surface area contributed by atoms with Crippen molar-refractivity contribution in [2.45, 2.75) is 26.0 Å². The molecule has 8 heteroatoms. The van der Waals surface area contributed by atoms with Gasteiger partial charge in [-0.2, -0.15) is 8.42 Å². The molecule has 1 aromatic carbocycles. The summed E-state index contributed by atoms with van der Waals surface area (Å²) in [5.41, 5.74) is 0.484. The number of hydrogen-bond donors (Lipinski definition) is 0. The molecule has 0 spiro atoms. The predicted molar refractivity (Wildman–Crippen MR) is 81.5 cm³/mol. The molecule has 0 N–H and O–H groups in total. The van der Waals surface area contributed by atoms with Gasteiger partial charge in [0.2, 0.25) is 0 Å². The third kappa shape index (κ3) is 4.82. The smallest absolute Gasteiger partial charge is 0.338 e. The SMILES string of the molecule is CCOC(=O)c1cccc(OS(=O)(=O)Cc2cc(CC)on2)c1. The monoisotopic (exact) mass is 339 g/mol. The molecule has 2 rings (SSSR count). The zero-order valence-corrected chi connectivity index (χ0v) is 13.6. The predicted octanol–water partition coefficient (Wildman–Crippen LogP) is 2.32. The van der Waals surface area contributed by atoms with Crippen molar-refractivity contribution in [2.75, 3.05) is 6.61 Å². The standard InChI is InChI=1S/C15H17NO6S/c1-3-13-9-12(16-21-13)10-23(18,19)22-14-7-5-6-11(8-14)15(17)20-4-2/h5-9H,3-4,10H2,1-2H3. The van der Waals surface area contributed by atoms with E-state index in [1.807, 2.05) is 6.92 Å². The molecule has 0 saturated carbocycles. The number of carbonyl (C=O) groups excluding carboxylic acids is 1. The van der Waals surface area contributed by atoms with Crippen LogP contribution in [0.15, 0.2) is 34.9 Å². The minimum Gasteiger partial charge on any atom is -0.462 e. The third-order valence-electron chi connectivity index (χ3n) is 2.85. The van der Waals surface area contributed by atoms with E-state index in [2.05, 4.69) is 5.16 Å². The van der Waals surface area contributed by atoms with Crippen LogP contribution in [0.25, 0.3) is 0 Å². The maximum Gasteiger partial charge on any atom is 0.338 e. The lowest BCUT2D eigenvalue weighted by molar-refractivity contribution is 0.0526. The number of carbonyl (C=O) groups is 1. The summed E-state index contributed by atoms with van der Waals surface area (Å²) >= 11 is 0. The molecule has 1 heterocycles. The Morgan fingerprint density at radius 3 is 2.70 bits per heavy atom. The normalized spacial score (nSPS) is 11.2. The lowest BCUT2D eigenvalue weighted by Crippen LogP contribution is -2.13. The van der Waals surface area contributed by atoms with Gasteiger partial charge in [-0.05, 0) is 25.1 Å². The Bertz CT molecular complexity index is 781. The van der Waals surface area contributed by atoms with Gasteiger partial charge < -0.3 is 13.4 Å². The van der Waals surface area contributed by atoms with E-state index in [1.165, 1.54) is 24.3 Å². The van der Waals surface area contributed by atoms with E-state index in [1.54, 1.807) is 13.0 Å². The van der Waals surface area contributed by atoms with E-state index in [-0.39, 0.29) is 23.6 Å². The van der Waals surface area contributed by atoms with Crippen molar-refractivity contribution < 1.29 is 26.7 Å². The van der Waals surface area contributed by atoms with Gasteiger partial charge in [-0.15, -0.1) is 0 Å². The largest absolute Gasteiger partial charge is 0.462 e. The van der Waals surface area contributed by atoms with Gasteiger partial charge in [0.05, 0.1) is 12.2 Å². The van der Waals surface area contributed by atoms with Crippen molar-refractivity contribution in [1.82, 2.24) is 5.16 Å². The van der Waals surface area contributed by atoms with E-state index in [0.717, 1.165) is 0 Å². The van der Waals surface area contributed by atoms with Crippen LogP contribution < -0.4 is 4.18 Å². The Hall–Kier alpha value is -2.35. The minimum atomic E-state index is -3.91. The highest BCUT2D eigenvalue weighted by atomic mass is 32.2. The number of rotatable bonds is 7. The molecule has 0 radical (unpaired) electrons. The van der Waals surface area contributed by atoms with Gasteiger partial charge in [-0.25, -0.2) is 4.79 Å². The van der Waals surface area contributed by atoms with Crippen LogP contribution in [0.2, 0.25) is 0 Å². The van der Waals surface area contributed by atoms with Crippen LogP contribution in [0, 0.1) is 0 Å². The maximum atomic E-state index is 12.1. The van der Waals surface area contributed by atoms with Crippen molar-refractivity contribution in [3.8, 4) is 5.75 Å². The van der Waals surface area contributed by atoms with E-state index in [9.17, 15) is 13.2 Å². The molecular formula is C15H17NO6S. The Morgan fingerprint density at radius 1 is 1.26 bits per heavy atom. The summed E-state index contributed by atoms with van der Waals surface area (Å²) in [6.45, 7) is 3.79. The summed E-state index contributed by atoms with van der Waals surface area (Å²) in [5, 5.41) is 3.68. The molecule has 23 heavy (non-hydrogen) atoms. The molecule has 0 unspecified atom stereocenters. The summed E-state index contributed by atoms with van der Waals surface area (Å²) in [4.78, 5) is 11.6. The van der Waals surface area contributed by atoms with Crippen molar-refractivity contribution >= 4 is 16.1 Å². The summed E-state index contributed by atoms with van der Waals surface area (Å²) in [6.07, 6.45) is 0.621. The van der Waals surface area contributed by atoms with Gasteiger partial charge in [-0.3, -0.25) is 0 Å². The highest BCUT2D eigenvalue weighted by Crippen LogP contribution is 2.18. The Morgan fingerprint density at radius 2 is 2.04 bits per heavy atom. The van der Waals surface area contributed by atoms with Crippen molar-refractivity contribution in [3.05, 3.63) is 47.3 Å². The highest BCUT2D eigenvalue weighted by Gasteiger charge is 2.18. The first kappa shape index (κ1) is 17.0. The van der Waals surface area contributed by atoms with Crippen molar-refractivity contribution in [3.63, 3.8) is 0 Å². The first-order valence-electron chi connectivity index (χ1n) is 7.07. The van der Waals surface area contributed by atoms with E-state index in [4.69, 9.17) is 13.4 Å². The number of nitrogens with zero attached hydrogens (tertiary/aromatic N) is 1. The Kier molecular flexibility index (Phi) is 5.38. The van der Waals surface area contributed by atoms with Crippen molar-refractivity contribution in [2.24, 2.45) is 0 Å². The summed E-state index contributed by atoms with van der Waals surface area (Å²) in [7, 11) is -3.91. The number of hydrogen-bond acceptors (Lipinski definition) is 7. The Labute approximate surface area is 134 Å². The van der Waals surface area contributed by atoms with Crippen molar-refractivity contribution in [1.29, 1.82) is 0 Å². The fourth-order valence-corrected chi connectivity index (χ4v) is 2.79. The minimum absolute atomic E-state index is 0.0368. The zero-order valence-electron chi connectivity index (χ0n) is 12.8. The molecule has 0 fully saturated rings. The summed E-state index contributed by atoms with van der Waals surface area (Å²) < 4.78 is 38.9. The van der Waals surface area contributed by atoms with Gasteiger partial charge in [-0.1, -0.05) is 18.1 Å². The van der Waals surface area contributed by atoms with Gasteiger partial charge in [0.25, 0.3) is 0 Å². The summed E-state index contributed by atoms with van der Waals surface area (Å²) in [6, 6.07) is 7.36. The average molecular weight is 339 g/mol. The van der Waals surface area contributed by atoms with Crippen LogP contribution in [0.4, 0.5) is 0 Å². The van der Waals surface area contributed by atoms with Crippen LogP contribution in [-0.2, 0) is 27.0 Å². The van der Waals surface area contributed by atoms with E-state index < -0.39 is 21.8 Å². The van der Waals surface area contributed by atoms with Gasteiger partial charge in [0, 0.05) is 12.5 Å².